The summed E-state index contributed by atoms with van der Waals surface area (Å²) in [4.78, 5) is 0. The number of nitrogens with one attached hydrogen (secondary N) is 2. The van der Waals surface area contributed by atoms with E-state index in [2.05, 4.69) is 10.9 Å². The Bertz CT molecular complexity index is 94.3. The van der Waals surface area contributed by atoms with Crippen LogP contribution in [0.25, 0.3) is 0 Å². The zero-order valence-corrected chi connectivity index (χ0v) is 6.48. The van der Waals surface area contributed by atoms with Gasteiger partial charge in [-0.1, -0.05) is 6.42 Å². The van der Waals surface area contributed by atoms with Crippen molar-refractivity contribution in [2.75, 3.05) is 7.05 Å². The summed E-state index contributed by atoms with van der Waals surface area (Å²) in [7, 11) is 1.78. The molecule has 1 rings (SSSR count). The van der Waals surface area contributed by atoms with Gasteiger partial charge in [-0.15, -0.1) is 0 Å². The lowest BCUT2D eigenvalue weighted by molar-refractivity contribution is -0.0379. The third-order valence-corrected chi connectivity index (χ3v) is 2.04. The van der Waals surface area contributed by atoms with Crippen LogP contribution in [0.15, 0.2) is 0 Å². The molecule has 0 spiro atoms. The zero-order chi connectivity index (χ0) is 7.45. The number of rotatable bonds is 2. The van der Waals surface area contributed by atoms with Gasteiger partial charge in [0.2, 0.25) is 0 Å². The number of aliphatic hydroxyl groups is 1. The summed E-state index contributed by atoms with van der Waals surface area (Å²) < 4.78 is 0. The van der Waals surface area contributed by atoms with Gasteiger partial charge in [-0.2, -0.15) is 0 Å². The monoisotopic (exact) mass is 144 g/mol. The van der Waals surface area contributed by atoms with E-state index in [1.54, 1.807) is 7.05 Å². The summed E-state index contributed by atoms with van der Waals surface area (Å²) >= 11 is 0. The smallest absolute Gasteiger partial charge is 0.128 e. The van der Waals surface area contributed by atoms with Crippen LogP contribution in [-0.4, -0.2) is 17.9 Å². The Morgan fingerprint density at radius 2 is 1.80 bits per heavy atom. The van der Waals surface area contributed by atoms with Crippen molar-refractivity contribution in [3.05, 3.63) is 0 Å². The molecule has 0 radical (unpaired) electrons. The fourth-order valence-corrected chi connectivity index (χ4v) is 1.49. The Labute approximate surface area is 61.8 Å². The Hall–Kier alpha value is -0.120. The molecule has 3 nitrogen and oxygen atoms in total. The number of hydrogen-bond acceptors (Lipinski definition) is 3. The molecule has 0 aromatic carbocycles. The number of hydrazine groups is 1. The first-order chi connectivity index (χ1) is 4.77. The van der Waals surface area contributed by atoms with Crippen LogP contribution in [0.1, 0.15) is 32.1 Å². The fourth-order valence-electron chi connectivity index (χ4n) is 1.49. The normalized spacial score (nSPS) is 24.6. The molecule has 0 aromatic rings. The van der Waals surface area contributed by atoms with Gasteiger partial charge >= 0.3 is 0 Å². The average Bonchev–Trinajstić information content (AvgIpc) is 1.89. The summed E-state index contributed by atoms with van der Waals surface area (Å²) in [6, 6.07) is 0. The van der Waals surface area contributed by atoms with Crippen LogP contribution >= 0.6 is 0 Å². The summed E-state index contributed by atoms with van der Waals surface area (Å²) in [5.74, 6) is 0. The maximum absolute atomic E-state index is 9.70. The van der Waals surface area contributed by atoms with Crippen molar-refractivity contribution < 1.29 is 5.11 Å². The van der Waals surface area contributed by atoms with Gasteiger partial charge in [0.15, 0.2) is 0 Å². The van der Waals surface area contributed by atoms with Crippen LogP contribution in [0.5, 0.6) is 0 Å². The van der Waals surface area contributed by atoms with Gasteiger partial charge in [-0.25, -0.2) is 5.43 Å². The second kappa shape index (κ2) is 3.32. The quantitative estimate of drug-likeness (QED) is 0.387. The molecular weight excluding hydrogens is 128 g/mol. The van der Waals surface area contributed by atoms with Crippen molar-refractivity contribution in [3.63, 3.8) is 0 Å². The molecular formula is C7H16N2O. The van der Waals surface area contributed by atoms with E-state index in [4.69, 9.17) is 0 Å². The molecule has 0 heterocycles. The van der Waals surface area contributed by atoms with Crippen molar-refractivity contribution in [2.24, 2.45) is 0 Å². The first-order valence-corrected chi connectivity index (χ1v) is 3.93. The predicted molar refractivity (Wildman–Crippen MR) is 40.2 cm³/mol. The predicted octanol–water partition coefficient (Wildman–Crippen LogP) is 0.363. The van der Waals surface area contributed by atoms with Gasteiger partial charge in [0.1, 0.15) is 5.72 Å². The van der Waals surface area contributed by atoms with E-state index in [0.29, 0.717) is 0 Å². The minimum absolute atomic E-state index is 0.632. The second-order valence-electron chi connectivity index (χ2n) is 2.97. The molecule has 0 unspecified atom stereocenters. The SMILES string of the molecule is CNNC1(O)CCCCC1. The fraction of sp³-hybridized carbons (Fsp3) is 1.00. The molecule has 0 amide bonds. The van der Waals surface area contributed by atoms with E-state index in [-0.39, 0.29) is 0 Å². The molecule has 3 heteroatoms. The Kier molecular flexibility index (Phi) is 2.65. The van der Waals surface area contributed by atoms with Gasteiger partial charge in [-0.05, 0) is 32.7 Å². The summed E-state index contributed by atoms with van der Waals surface area (Å²) in [5, 5.41) is 9.70. The Morgan fingerprint density at radius 3 is 2.30 bits per heavy atom. The largest absolute Gasteiger partial charge is 0.375 e. The van der Waals surface area contributed by atoms with Crippen molar-refractivity contribution in [2.45, 2.75) is 37.8 Å². The van der Waals surface area contributed by atoms with E-state index in [1.807, 2.05) is 0 Å². The van der Waals surface area contributed by atoms with Gasteiger partial charge in [0.05, 0.1) is 0 Å². The van der Waals surface area contributed by atoms with Crippen LogP contribution in [0, 0.1) is 0 Å². The minimum atomic E-state index is -0.632. The molecule has 0 aliphatic heterocycles. The highest BCUT2D eigenvalue weighted by Gasteiger charge is 2.27. The first-order valence-electron chi connectivity index (χ1n) is 3.93. The van der Waals surface area contributed by atoms with Crippen molar-refractivity contribution in [1.29, 1.82) is 0 Å². The lowest BCUT2D eigenvalue weighted by atomic mass is 9.92. The Morgan fingerprint density at radius 1 is 1.20 bits per heavy atom. The van der Waals surface area contributed by atoms with E-state index >= 15 is 0 Å². The highest BCUT2D eigenvalue weighted by atomic mass is 16.3. The lowest BCUT2D eigenvalue weighted by Crippen LogP contribution is -2.52. The van der Waals surface area contributed by atoms with E-state index < -0.39 is 5.72 Å². The van der Waals surface area contributed by atoms with Gasteiger partial charge < -0.3 is 5.11 Å². The Balaban J connectivity index is 2.32. The molecule has 0 atom stereocenters. The maximum Gasteiger partial charge on any atom is 0.128 e. The van der Waals surface area contributed by atoms with Crippen LogP contribution in [0.2, 0.25) is 0 Å². The molecule has 1 saturated carbocycles. The minimum Gasteiger partial charge on any atom is -0.375 e. The zero-order valence-electron chi connectivity index (χ0n) is 6.48. The highest BCUT2D eigenvalue weighted by molar-refractivity contribution is 4.77. The molecule has 60 valence electrons. The lowest BCUT2D eigenvalue weighted by Gasteiger charge is -2.32. The highest BCUT2D eigenvalue weighted by Crippen LogP contribution is 2.24. The van der Waals surface area contributed by atoms with E-state index in [1.165, 1.54) is 6.42 Å². The second-order valence-corrected chi connectivity index (χ2v) is 2.97. The molecule has 0 aromatic heterocycles. The van der Waals surface area contributed by atoms with Crippen LogP contribution < -0.4 is 10.9 Å². The van der Waals surface area contributed by atoms with E-state index in [9.17, 15) is 5.11 Å². The maximum atomic E-state index is 9.70. The molecule has 0 bridgehead atoms. The summed E-state index contributed by atoms with van der Waals surface area (Å²) in [5.41, 5.74) is 5.01. The average molecular weight is 144 g/mol. The van der Waals surface area contributed by atoms with Gasteiger partial charge in [0, 0.05) is 0 Å². The molecule has 1 aliphatic carbocycles. The summed E-state index contributed by atoms with van der Waals surface area (Å²) in [6.45, 7) is 0. The van der Waals surface area contributed by atoms with Crippen LogP contribution in [0.3, 0.4) is 0 Å². The van der Waals surface area contributed by atoms with Crippen molar-refractivity contribution in [3.8, 4) is 0 Å². The van der Waals surface area contributed by atoms with Crippen LogP contribution in [0.4, 0.5) is 0 Å². The molecule has 1 fully saturated rings. The molecule has 10 heavy (non-hydrogen) atoms. The van der Waals surface area contributed by atoms with Gasteiger partial charge in [-0.3, -0.25) is 5.43 Å². The van der Waals surface area contributed by atoms with Crippen LogP contribution in [-0.2, 0) is 0 Å². The molecule has 1 aliphatic rings. The third-order valence-electron chi connectivity index (χ3n) is 2.04. The molecule has 0 saturated heterocycles. The third kappa shape index (κ3) is 1.94. The first kappa shape index (κ1) is 7.98. The van der Waals surface area contributed by atoms with Gasteiger partial charge in [0.25, 0.3) is 0 Å². The summed E-state index contributed by atoms with van der Waals surface area (Å²) in [6.07, 6.45) is 5.26. The standard InChI is InChI=1S/C7H16N2O/c1-8-9-7(10)5-3-2-4-6-7/h8-10H,2-6H2,1H3. The topological polar surface area (TPSA) is 44.3 Å². The van der Waals surface area contributed by atoms with E-state index in [0.717, 1.165) is 25.7 Å². The van der Waals surface area contributed by atoms with Crippen molar-refractivity contribution in [1.82, 2.24) is 10.9 Å². The molecule has 3 N–H and O–H groups in total. The van der Waals surface area contributed by atoms with Crippen molar-refractivity contribution >= 4 is 0 Å². The number of hydrogen-bond donors (Lipinski definition) is 3.